The molecule has 4 aromatic rings. The molecular weight excluding hydrogens is 430 g/mol. The smallest absolute Gasteiger partial charge is 0.330 e. The number of carbonyl (C=O) groups excluding carboxylic acids is 2. The molecule has 0 bridgehead atoms. The lowest BCUT2D eigenvalue weighted by atomic mass is 10.2. The van der Waals surface area contributed by atoms with Crippen LogP contribution in [-0.4, -0.2) is 28.0 Å². The van der Waals surface area contributed by atoms with Crippen LogP contribution >= 0.6 is 0 Å². The number of hydrogen-bond donors (Lipinski definition) is 1. The quantitative estimate of drug-likeness (QED) is 0.289. The van der Waals surface area contributed by atoms with Crippen LogP contribution in [0.15, 0.2) is 84.9 Å². The highest BCUT2D eigenvalue weighted by atomic mass is 16.5. The Kier molecular flexibility index (Phi) is 7.35. The van der Waals surface area contributed by atoms with Crippen LogP contribution in [0.2, 0.25) is 0 Å². The van der Waals surface area contributed by atoms with Crippen molar-refractivity contribution >= 4 is 34.7 Å². The van der Waals surface area contributed by atoms with Crippen molar-refractivity contribution in [3.63, 3.8) is 0 Å². The van der Waals surface area contributed by atoms with Crippen LogP contribution in [0.4, 0.5) is 5.69 Å². The molecule has 7 nitrogen and oxygen atoms in total. The Morgan fingerprint density at radius 3 is 2.47 bits per heavy atom. The SMILES string of the molecule is CCOC(=O)/C=C/c1ccc(NC(=O)Cn2c(COc3ccccc3)nc3ccccc32)cc1. The monoisotopic (exact) mass is 455 g/mol. The minimum absolute atomic E-state index is 0.0957. The van der Waals surface area contributed by atoms with Gasteiger partial charge in [-0.15, -0.1) is 0 Å². The van der Waals surface area contributed by atoms with E-state index in [9.17, 15) is 9.59 Å². The highest BCUT2D eigenvalue weighted by molar-refractivity contribution is 5.92. The van der Waals surface area contributed by atoms with Crippen molar-refractivity contribution in [1.29, 1.82) is 0 Å². The fourth-order valence-electron chi connectivity index (χ4n) is 3.45. The molecule has 0 saturated carbocycles. The Morgan fingerprint density at radius 1 is 0.971 bits per heavy atom. The average molecular weight is 456 g/mol. The van der Waals surface area contributed by atoms with Crippen molar-refractivity contribution in [2.24, 2.45) is 0 Å². The Hall–Kier alpha value is -4.39. The fourth-order valence-corrected chi connectivity index (χ4v) is 3.45. The maximum absolute atomic E-state index is 12.8. The largest absolute Gasteiger partial charge is 0.486 e. The van der Waals surface area contributed by atoms with E-state index in [-0.39, 0.29) is 25.0 Å². The van der Waals surface area contributed by atoms with Gasteiger partial charge in [0.25, 0.3) is 0 Å². The molecule has 7 heteroatoms. The van der Waals surface area contributed by atoms with Gasteiger partial charge in [0.2, 0.25) is 5.91 Å². The first kappa shape index (κ1) is 22.8. The summed E-state index contributed by atoms with van der Waals surface area (Å²) < 4.78 is 12.6. The van der Waals surface area contributed by atoms with E-state index in [1.165, 1.54) is 6.08 Å². The van der Waals surface area contributed by atoms with Gasteiger partial charge >= 0.3 is 5.97 Å². The number of amides is 1. The molecule has 0 atom stereocenters. The third kappa shape index (κ3) is 5.89. The van der Waals surface area contributed by atoms with E-state index in [1.54, 1.807) is 25.1 Å². The summed E-state index contributed by atoms with van der Waals surface area (Å²) in [5.41, 5.74) is 3.15. The molecule has 0 aliphatic heterocycles. The van der Waals surface area contributed by atoms with Gasteiger partial charge in [-0.2, -0.15) is 0 Å². The summed E-state index contributed by atoms with van der Waals surface area (Å²) in [6.07, 6.45) is 3.04. The molecule has 34 heavy (non-hydrogen) atoms. The number of nitrogens with one attached hydrogen (secondary N) is 1. The van der Waals surface area contributed by atoms with Gasteiger partial charge in [0.05, 0.1) is 17.6 Å². The molecule has 1 N–H and O–H groups in total. The molecule has 1 aromatic heterocycles. The van der Waals surface area contributed by atoms with Crippen LogP contribution in [0.25, 0.3) is 17.1 Å². The number of carbonyl (C=O) groups is 2. The van der Waals surface area contributed by atoms with Crippen molar-refractivity contribution in [2.45, 2.75) is 20.1 Å². The molecular formula is C27H25N3O4. The first-order chi connectivity index (χ1) is 16.6. The second kappa shape index (κ2) is 11.0. The molecule has 172 valence electrons. The number of ether oxygens (including phenoxy) is 2. The zero-order valence-electron chi connectivity index (χ0n) is 18.8. The summed E-state index contributed by atoms with van der Waals surface area (Å²) in [5.74, 6) is 0.834. The van der Waals surface area contributed by atoms with Crippen LogP contribution in [0, 0.1) is 0 Å². The molecule has 0 saturated heterocycles. The predicted octanol–water partition coefficient (Wildman–Crippen LogP) is 4.83. The molecule has 0 fully saturated rings. The summed E-state index contributed by atoms with van der Waals surface area (Å²) >= 11 is 0. The van der Waals surface area contributed by atoms with Crippen LogP contribution in [0.5, 0.6) is 5.75 Å². The molecule has 0 spiro atoms. The van der Waals surface area contributed by atoms with E-state index in [4.69, 9.17) is 9.47 Å². The lowest BCUT2D eigenvalue weighted by Gasteiger charge is -2.11. The number of rotatable bonds is 9. The van der Waals surface area contributed by atoms with Gasteiger partial charge < -0.3 is 19.4 Å². The fraction of sp³-hybridized carbons (Fsp3) is 0.148. The van der Waals surface area contributed by atoms with Crippen molar-refractivity contribution in [2.75, 3.05) is 11.9 Å². The van der Waals surface area contributed by atoms with Gasteiger partial charge in [-0.25, -0.2) is 9.78 Å². The Balaban J connectivity index is 1.44. The number of hydrogen-bond acceptors (Lipinski definition) is 5. The minimum Gasteiger partial charge on any atom is -0.486 e. The Bertz CT molecular complexity index is 1290. The predicted molar refractivity (Wildman–Crippen MR) is 131 cm³/mol. The number of anilines is 1. The van der Waals surface area contributed by atoms with E-state index in [2.05, 4.69) is 10.3 Å². The molecule has 3 aromatic carbocycles. The number of benzene rings is 3. The number of esters is 1. The standard InChI is InChI=1S/C27H25N3O4/c1-2-33-27(32)17-14-20-12-15-21(16-13-20)28-26(31)18-30-24-11-7-6-10-23(24)29-25(30)19-34-22-8-4-3-5-9-22/h3-17H,2,18-19H2,1H3,(H,28,31)/b17-14+. The number of fused-ring (bicyclic) bond motifs is 1. The molecule has 0 aliphatic carbocycles. The average Bonchev–Trinajstić information content (AvgIpc) is 3.20. The third-order valence-corrected chi connectivity index (χ3v) is 5.04. The third-order valence-electron chi connectivity index (χ3n) is 5.04. The minimum atomic E-state index is -0.389. The van der Waals surface area contributed by atoms with Gasteiger partial charge in [-0.05, 0) is 55.0 Å². The van der Waals surface area contributed by atoms with Gasteiger partial charge in [0, 0.05) is 11.8 Å². The summed E-state index contributed by atoms with van der Waals surface area (Å²) in [5, 5.41) is 2.91. The second-order valence-corrected chi connectivity index (χ2v) is 7.46. The van der Waals surface area contributed by atoms with Crippen molar-refractivity contribution in [3.8, 4) is 5.75 Å². The highest BCUT2D eigenvalue weighted by Gasteiger charge is 2.14. The van der Waals surface area contributed by atoms with Crippen molar-refractivity contribution in [1.82, 2.24) is 9.55 Å². The summed E-state index contributed by atoms with van der Waals surface area (Å²) in [6.45, 7) is 2.43. The van der Waals surface area contributed by atoms with Crippen LogP contribution < -0.4 is 10.1 Å². The maximum atomic E-state index is 12.8. The number of para-hydroxylation sites is 3. The molecule has 4 rings (SSSR count). The number of nitrogens with zero attached hydrogens (tertiary/aromatic N) is 2. The lowest BCUT2D eigenvalue weighted by Crippen LogP contribution is -2.20. The van der Waals surface area contributed by atoms with Crippen molar-refractivity contribution < 1.29 is 19.1 Å². The van der Waals surface area contributed by atoms with Gasteiger partial charge in [0.15, 0.2) is 0 Å². The van der Waals surface area contributed by atoms with Crippen LogP contribution in [0.1, 0.15) is 18.3 Å². The topological polar surface area (TPSA) is 82.5 Å². The van der Waals surface area contributed by atoms with Gasteiger partial charge in [0.1, 0.15) is 24.7 Å². The summed E-state index contributed by atoms with van der Waals surface area (Å²) in [4.78, 5) is 29.0. The number of imidazole rings is 1. The molecule has 1 heterocycles. The van der Waals surface area contributed by atoms with Crippen LogP contribution in [0.3, 0.4) is 0 Å². The molecule has 0 unspecified atom stereocenters. The highest BCUT2D eigenvalue weighted by Crippen LogP contribution is 2.19. The van der Waals surface area contributed by atoms with E-state index in [0.717, 1.165) is 22.3 Å². The maximum Gasteiger partial charge on any atom is 0.330 e. The number of aromatic nitrogens is 2. The zero-order valence-corrected chi connectivity index (χ0v) is 18.8. The normalized spacial score (nSPS) is 11.0. The first-order valence-corrected chi connectivity index (χ1v) is 11.0. The van der Waals surface area contributed by atoms with E-state index in [0.29, 0.717) is 18.1 Å². The van der Waals surface area contributed by atoms with E-state index in [1.807, 2.05) is 71.3 Å². The van der Waals surface area contributed by atoms with E-state index >= 15 is 0 Å². The Morgan fingerprint density at radius 2 is 1.71 bits per heavy atom. The van der Waals surface area contributed by atoms with Crippen molar-refractivity contribution in [3.05, 3.63) is 96.3 Å². The van der Waals surface area contributed by atoms with Gasteiger partial charge in [-0.1, -0.05) is 42.5 Å². The molecule has 0 aliphatic rings. The molecule has 1 amide bonds. The lowest BCUT2D eigenvalue weighted by molar-refractivity contribution is -0.137. The van der Waals surface area contributed by atoms with E-state index < -0.39 is 0 Å². The zero-order chi connectivity index (χ0) is 23.8. The summed E-state index contributed by atoms with van der Waals surface area (Å²) in [7, 11) is 0. The van der Waals surface area contributed by atoms with Gasteiger partial charge in [-0.3, -0.25) is 4.79 Å². The van der Waals surface area contributed by atoms with Crippen LogP contribution in [-0.2, 0) is 27.5 Å². The Labute approximate surface area is 197 Å². The summed E-state index contributed by atoms with van der Waals surface area (Å²) in [6, 6.07) is 24.4. The molecule has 0 radical (unpaired) electrons. The first-order valence-electron chi connectivity index (χ1n) is 11.0. The second-order valence-electron chi connectivity index (χ2n) is 7.46.